The zero-order chi connectivity index (χ0) is 7.56. The van der Waals surface area contributed by atoms with Crippen LogP contribution in [0.4, 0.5) is 0 Å². The molecule has 0 amide bonds. The normalized spacial score (nSPS) is 8.64. The predicted octanol–water partition coefficient (Wildman–Crippen LogP) is -0.163. The van der Waals surface area contributed by atoms with Crippen LogP contribution in [0.3, 0.4) is 0 Å². The smallest absolute Gasteiger partial charge is 0.423 e. The lowest BCUT2D eigenvalue weighted by Gasteiger charge is -2.01. The van der Waals surface area contributed by atoms with Gasteiger partial charge in [-0.2, -0.15) is 0 Å². The Morgan fingerprint density at radius 1 is 1.18 bits per heavy atom. The highest BCUT2D eigenvalue weighted by atomic mass is 16.4. The molecule has 4 heteroatoms. The zero-order valence-electron chi connectivity index (χ0n) is 6.49. The van der Waals surface area contributed by atoms with Crippen molar-refractivity contribution in [3.05, 3.63) is 29.8 Å². The van der Waals surface area contributed by atoms with E-state index >= 15 is 0 Å². The topological polar surface area (TPSA) is 75.5 Å². The Kier molecular flexibility index (Phi) is 3.82. The summed E-state index contributed by atoms with van der Waals surface area (Å²) in [4.78, 5) is 0. The molecule has 0 unspecified atom stereocenters. The van der Waals surface area contributed by atoms with Crippen LogP contribution in [-0.2, 0) is 0 Å². The summed E-state index contributed by atoms with van der Waals surface area (Å²) in [5, 5.41) is 17.5. The van der Waals surface area contributed by atoms with Gasteiger partial charge in [-0.25, -0.2) is 0 Å². The Labute approximate surface area is 66.4 Å². The van der Waals surface area contributed by atoms with Gasteiger partial charge in [-0.05, 0) is 12.4 Å². The van der Waals surface area contributed by atoms with Crippen molar-refractivity contribution in [1.82, 2.24) is 6.15 Å². The van der Waals surface area contributed by atoms with Gasteiger partial charge in [-0.1, -0.05) is 29.8 Å². The third-order valence-corrected chi connectivity index (χ3v) is 1.47. The van der Waals surface area contributed by atoms with E-state index < -0.39 is 7.12 Å². The van der Waals surface area contributed by atoms with Crippen molar-refractivity contribution < 1.29 is 10.0 Å². The molecule has 11 heavy (non-hydrogen) atoms. The van der Waals surface area contributed by atoms with Crippen LogP contribution in [0.1, 0.15) is 5.56 Å². The van der Waals surface area contributed by atoms with E-state index in [2.05, 4.69) is 0 Å². The Hall–Kier alpha value is -0.835. The standard InChI is InChI=1S/C7H9BO2.H3N/c1-6-4-2-3-5-7(6)8(9)10;/h2-5,9-10H,1H3;1H3. The SMILES string of the molecule is Cc1ccccc1B(O)O.N. The van der Waals surface area contributed by atoms with Gasteiger partial charge in [0.15, 0.2) is 0 Å². The van der Waals surface area contributed by atoms with Gasteiger partial charge in [-0.15, -0.1) is 0 Å². The first-order valence-electron chi connectivity index (χ1n) is 3.13. The van der Waals surface area contributed by atoms with Crippen molar-refractivity contribution >= 4 is 12.6 Å². The van der Waals surface area contributed by atoms with Crippen LogP contribution in [0.15, 0.2) is 24.3 Å². The minimum atomic E-state index is -1.35. The summed E-state index contributed by atoms with van der Waals surface area (Å²) in [7, 11) is -1.35. The van der Waals surface area contributed by atoms with Crippen LogP contribution in [0, 0.1) is 6.92 Å². The van der Waals surface area contributed by atoms with Gasteiger partial charge in [0.1, 0.15) is 0 Å². The van der Waals surface area contributed by atoms with Crippen LogP contribution in [0.25, 0.3) is 0 Å². The van der Waals surface area contributed by atoms with Gasteiger partial charge in [0.2, 0.25) is 0 Å². The van der Waals surface area contributed by atoms with Gasteiger partial charge >= 0.3 is 7.12 Å². The molecule has 0 radical (unpaired) electrons. The maximum Gasteiger partial charge on any atom is 0.488 e. The van der Waals surface area contributed by atoms with E-state index in [4.69, 9.17) is 10.0 Å². The fraction of sp³-hybridized carbons (Fsp3) is 0.143. The van der Waals surface area contributed by atoms with Gasteiger partial charge in [0.05, 0.1) is 0 Å². The second-order valence-electron chi connectivity index (χ2n) is 2.23. The van der Waals surface area contributed by atoms with E-state index in [1.54, 1.807) is 12.1 Å². The van der Waals surface area contributed by atoms with Crippen LogP contribution < -0.4 is 11.6 Å². The number of hydrogen-bond acceptors (Lipinski definition) is 3. The maximum absolute atomic E-state index is 8.76. The molecule has 1 aromatic carbocycles. The molecule has 0 aromatic heterocycles. The zero-order valence-corrected chi connectivity index (χ0v) is 6.49. The molecule has 60 valence electrons. The fourth-order valence-corrected chi connectivity index (χ4v) is 0.876. The first-order chi connectivity index (χ1) is 4.72. The van der Waals surface area contributed by atoms with Crippen molar-refractivity contribution in [1.29, 1.82) is 0 Å². The monoisotopic (exact) mass is 153 g/mol. The average molecular weight is 153 g/mol. The molecular weight excluding hydrogens is 141 g/mol. The van der Waals surface area contributed by atoms with Crippen LogP contribution in [-0.4, -0.2) is 17.2 Å². The predicted molar refractivity (Wildman–Crippen MR) is 46.0 cm³/mol. The van der Waals surface area contributed by atoms with Gasteiger partial charge in [0, 0.05) is 0 Å². The van der Waals surface area contributed by atoms with E-state index in [-0.39, 0.29) is 6.15 Å². The van der Waals surface area contributed by atoms with E-state index in [1.807, 2.05) is 19.1 Å². The Morgan fingerprint density at radius 2 is 1.73 bits per heavy atom. The second-order valence-corrected chi connectivity index (χ2v) is 2.23. The molecule has 5 N–H and O–H groups in total. The third-order valence-electron chi connectivity index (χ3n) is 1.47. The fourth-order valence-electron chi connectivity index (χ4n) is 0.876. The third kappa shape index (κ3) is 2.34. The molecule has 0 spiro atoms. The molecule has 0 bridgehead atoms. The van der Waals surface area contributed by atoms with Crippen molar-refractivity contribution in [2.75, 3.05) is 0 Å². The maximum atomic E-state index is 8.76. The lowest BCUT2D eigenvalue weighted by atomic mass is 9.77. The lowest BCUT2D eigenvalue weighted by Crippen LogP contribution is -2.31. The molecule has 0 saturated carbocycles. The molecule has 0 aliphatic rings. The van der Waals surface area contributed by atoms with E-state index in [0.717, 1.165) is 5.56 Å². The first kappa shape index (κ1) is 10.2. The van der Waals surface area contributed by atoms with Gasteiger partial charge < -0.3 is 16.2 Å². The van der Waals surface area contributed by atoms with Crippen molar-refractivity contribution in [2.45, 2.75) is 6.92 Å². The summed E-state index contributed by atoms with van der Waals surface area (Å²) in [6.45, 7) is 1.84. The molecule has 0 aliphatic carbocycles. The van der Waals surface area contributed by atoms with Gasteiger partial charge in [0.25, 0.3) is 0 Å². The van der Waals surface area contributed by atoms with Crippen LogP contribution >= 0.6 is 0 Å². The minimum absolute atomic E-state index is 0. The Bertz CT molecular complexity index is 227. The summed E-state index contributed by atoms with van der Waals surface area (Å²) in [5.41, 5.74) is 1.47. The molecule has 1 aromatic rings. The Balaban J connectivity index is 0.000001000. The quantitative estimate of drug-likeness (QED) is 0.490. The second kappa shape index (κ2) is 4.13. The van der Waals surface area contributed by atoms with Crippen LogP contribution in [0.2, 0.25) is 0 Å². The highest BCUT2D eigenvalue weighted by molar-refractivity contribution is 6.59. The summed E-state index contributed by atoms with van der Waals surface area (Å²) in [5.74, 6) is 0. The number of rotatable bonds is 1. The molecule has 0 atom stereocenters. The van der Waals surface area contributed by atoms with E-state index in [0.29, 0.717) is 5.46 Å². The minimum Gasteiger partial charge on any atom is -0.423 e. The largest absolute Gasteiger partial charge is 0.488 e. The van der Waals surface area contributed by atoms with Crippen LogP contribution in [0.5, 0.6) is 0 Å². The van der Waals surface area contributed by atoms with E-state index in [9.17, 15) is 0 Å². The molecule has 0 saturated heterocycles. The molecule has 0 fully saturated rings. The van der Waals surface area contributed by atoms with E-state index in [1.165, 1.54) is 0 Å². The summed E-state index contributed by atoms with van der Waals surface area (Å²) in [6.07, 6.45) is 0. The summed E-state index contributed by atoms with van der Waals surface area (Å²) >= 11 is 0. The molecule has 0 heterocycles. The number of benzene rings is 1. The molecule has 1 rings (SSSR count). The van der Waals surface area contributed by atoms with Crippen molar-refractivity contribution in [3.63, 3.8) is 0 Å². The lowest BCUT2D eigenvalue weighted by molar-refractivity contribution is 0.425. The summed E-state index contributed by atoms with van der Waals surface area (Å²) in [6, 6.07) is 7.18. The number of hydrogen-bond donors (Lipinski definition) is 3. The summed E-state index contributed by atoms with van der Waals surface area (Å²) < 4.78 is 0. The van der Waals surface area contributed by atoms with Crippen molar-refractivity contribution in [2.24, 2.45) is 0 Å². The molecular formula is C7H12BNO2. The average Bonchev–Trinajstić information content (AvgIpc) is 1.88. The Morgan fingerprint density at radius 3 is 2.09 bits per heavy atom. The molecule has 0 aliphatic heterocycles. The molecule has 3 nitrogen and oxygen atoms in total. The van der Waals surface area contributed by atoms with Gasteiger partial charge in [-0.3, -0.25) is 0 Å². The highest BCUT2D eigenvalue weighted by Gasteiger charge is 2.11. The highest BCUT2D eigenvalue weighted by Crippen LogP contribution is 1.92. The number of aryl methyl sites for hydroxylation is 1. The van der Waals surface area contributed by atoms with Crippen molar-refractivity contribution in [3.8, 4) is 0 Å². The first-order valence-corrected chi connectivity index (χ1v) is 3.13.